The molecular weight excluding hydrogens is 184 g/mol. The molecule has 0 aliphatic carbocycles. The van der Waals surface area contributed by atoms with Gasteiger partial charge in [0.1, 0.15) is 11.5 Å². The smallest absolute Gasteiger partial charge is 0.356 e. The molecule has 0 spiro atoms. The number of nitrogens with zero attached hydrogens (tertiary/aromatic N) is 2. The zero-order chi connectivity index (χ0) is 10.7. The summed E-state index contributed by atoms with van der Waals surface area (Å²) in [7, 11) is 0. The van der Waals surface area contributed by atoms with Gasteiger partial charge in [0.15, 0.2) is 5.69 Å². The molecule has 76 valence electrons. The van der Waals surface area contributed by atoms with E-state index < -0.39 is 5.97 Å². The SMILES string of the molecule is CC(C)c1ncc(NN)c(C(=O)O)n1. The van der Waals surface area contributed by atoms with E-state index in [0.717, 1.165) is 0 Å². The largest absolute Gasteiger partial charge is 0.476 e. The molecule has 1 rings (SSSR count). The fraction of sp³-hybridized carbons (Fsp3) is 0.375. The van der Waals surface area contributed by atoms with Crippen LogP contribution in [0.15, 0.2) is 6.20 Å². The number of aromatic nitrogens is 2. The van der Waals surface area contributed by atoms with Crippen LogP contribution in [0.4, 0.5) is 5.69 Å². The average Bonchev–Trinajstić information content (AvgIpc) is 2.16. The molecule has 0 aromatic carbocycles. The molecule has 1 aromatic heterocycles. The first kappa shape index (κ1) is 10.4. The molecular formula is C8H12N4O2. The van der Waals surface area contributed by atoms with Crippen molar-refractivity contribution in [3.8, 4) is 0 Å². The lowest BCUT2D eigenvalue weighted by atomic mass is 10.2. The van der Waals surface area contributed by atoms with Gasteiger partial charge in [0.05, 0.1) is 6.20 Å². The summed E-state index contributed by atoms with van der Waals surface area (Å²) < 4.78 is 0. The van der Waals surface area contributed by atoms with Crippen LogP contribution in [0.25, 0.3) is 0 Å². The number of nitrogen functional groups attached to an aromatic ring is 1. The van der Waals surface area contributed by atoms with Crippen molar-refractivity contribution in [1.82, 2.24) is 9.97 Å². The third-order valence-electron chi connectivity index (χ3n) is 1.68. The third kappa shape index (κ3) is 1.97. The van der Waals surface area contributed by atoms with Gasteiger partial charge in [-0.3, -0.25) is 5.84 Å². The number of nitrogens with one attached hydrogen (secondary N) is 1. The Kier molecular flexibility index (Phi) is 2.98. The summed E-state index contributed by atoms with van der Waals surface area (Å²) in [5, 5.41) is 8.82. The quantitative estimate of drug-likeness (QED) is 0.483. The van der Waals surface area contributed by atoms with Gasteiger partial charge in [0.2, 0.25) is 0 Å². The summed E-state index contributed by atoms with van der Waals surface area (Å²) in [5.74, 6) is 4.57. The molecule has 0 unspecified atom stereocenters. The van der Waals surface area contributed by atoms with E-state index in [1.165, 1.54) is 6.20 Å². The summed E-state index contributed by atoms with van der Waals surface area (Å²) in [4.78, 5) is 18.6. The van der Waals surface area contributed by atoms with Gasteiger partial charge in [-0.15, -0.1) is 0 Å². The summed E-state index contributed by atoms with van der Waals surface area (Å²) >= 11 is 0. The summed E-state index contributed by atoms with van der Waals surface area (Å²) in [6.45, 7) is 3.77. The molecule has 14 heavy (non-hydrogen) atoms. The van der Waals surface area contributed by atoms with Crippen LogP contribution >= 0.6 is 0 Å². The molecule has 0 amide bonds. The van der Waals surface area contributed by atoms with Crippen LogP contribution in [-0.4, -0.2) is 21.0 Å². The first-order chi connectivity index (χ1) is 6.56. The molecule has 0 fully saturated rings. The maximum Gasteiger partial charge on any atom is 0.356 e. The van der Waals surface area contributed by atoms with Gasteiger partial charge >= 0.3 is 5.97 Å². The lowest BCUT2D eigenvalue weighted by Gasteiger charge is -2.07. The van der Waals surface area contributed by atoms with Crippen LogP contribution in [0, 0.1) is 0 Å². The molecule has 0 aliphatic heterocycles. The Labute approximate surface area is 81.1 Å². The zero-order valence-electron chi connectivity index (χ0n) is 7.98. The monoisotopic (exact) mass is 196 g/mol. The predicted molar refractivity (Wildman–Crippen MR) is 50.9 cm³/mol. The van der Waals surface area contributed by atoms with Crippen LogP contribution in [-0.2, 0) is 0 Å². The first-order valence-corrected chi connectivity index (χ1v) is 4.13. The average molecular weight is 196 g/mol. The molecule has 0 atom stereocenters. The number of carboxylic acids is 1. The fourth-order valence-corrected chi connectivity index (χ4v) is 0.942. The number of anilines is 1. The van der Waals surface area contributed by atoms with E-state index in [9.17, 15) is 4.79 Å². The van der Waals surface area contributed by atoms with Crippen LogP contribution in [0.2, 0.25) is 0 Å². The molecule has 0 saturated carbocycles. The predicted octanol–water partition coefficient (Wildman–Crippen LogP) is 0.584. The number of hydrogen-bond acceptors (Lipinski definition) is 5. The Morgan fingerprint density at radius 3 is 2.71 bits per heavy atom. The Hall–Kier alpha value is -1.69. The third-order valence-corrected chi connectivity index (χ3v) is 1.68. The Morgan fingerprint density at radius 1 is 1.64 bits per heavy atom. The highest BCUT2D eigenvalue weighted by atomic mass is 16.4. The summed E-state index contributed by atoms with van der Waals surface area (Å²) in [6, 6.07) is 0. The molecule has 6 nitrogen and oxygen atoms in total. The lowest BCUT2D eigenvalue weighted by molar-refractivity contribution is 0.0691. The molecule has 1 heterocycles. The highest BCUT2D eigenvalue weighted by molar-refractivity contribution is 5.91. The van der Waals surface area contributed by atoms with E-state index in [-0.39, 0.29) is 17.3 Å². The van der Waals surface area contributed by atoms with E-state index in [1.807, 2.05) is 13.8 Å². The Morgan fingerprint density at radius 2 is 2.29 bits per heavy atom. The van der Waals surface area contributed by atoms with Crippen molar-refractivity contribution in [3.63, 3.8) is 0 Å². The van der Waals surface area contributed by atoms with Crippen molar-refractivity contribution >= 4 is 11.7 Å². The highest BCUT2D eigenvalue weighted by Gasteiger charge is 2.14. The van der Waals surface area contributed by atoms with Gasteiger partial charge in [0.25, 0.3) is 0 Å². The van der Waals surface area contributed by atoms with Gasteiger partial charge in [0, 0.05) is 5.92 Å². The van der Waals surface area contributed by atoms with Crippen molar-refractivity contribution in [2.75, 3.05) is 5.43 Å². The van der Waals surface area contributed by atoms with E-state index in [2.05, 4.69) is 15.4 Å². The van der Waals surface area contributed by atoms with Gasteiger partial charge in [-0.1, -0.05) is 13.8 Å². The van der Waals surface area contributed by atoms with Gasteiger partial charge in [-0.25, -0.2) is 14.8 Å². The fourth-order valence-electron chi connectivity index (χ4n) is 0.942. The maximum atomic E-state index is 10.8. The van der Waals surface area contributed by atoms with Gasteiger partial charge in [-0.05, 0) is 0 Å². The van der Waals surface area contributed by atoms with Crippen molar-refractivity contribution in [2.24, 2.45) is 5.84 Å². The van der Waals surface area contributed by atoms with Crippen molar-refractivity contribution in [2.45, 2.75) is 19.8 Å². The molecule has 0 radical (unpaired) electrons. The van der Waals surface area contributed by atoms with E-state index in [1.54, 1.807) is 0 Å². The zero-order valence-corrected chi connectivity index (χ0v) is 7.98. The van der Waals surface area contributed by atoms with Crippen LogP contribution < -0.4 is 11.3 Å². The van der Waals surface area contributed by atoms with Crippen LogP contribution in [0.5, 0.6) is 0 Å². The van der Waals surface area contributed by atoms with E-state index in [0.29, 0.717) is 5.82 Å². The second-order valence-corrected chi connectivity index (χ2v) is 3.09. The van der Waals surface area contributed by atoms with Crippen molar-refractivity contribution < 1.29 is 9.90 Å². The molecule has 0 aliphatic rings. The van der Waals surface area contributed by atoms with Gasteiger partial charge < -0.3 is 10.5 Å². The number of nitrogens with two attached hydrogens (primary N) is 1. The van der Waals surface area contributed by atoms with E-state index >= 15 is 0 Å². The normalized spacial score (nSPS) is 10.3. The molecule has 0 bridgehead atoms. The summed E-state index contributed by atoms with van der Waals surface area (Å²) in [6.07, 6.45) is 1.37. The topological polar surface area (TPSA) is 101 Å². The molecule has 1 aromatic rings. The minimum absolute atomic E-state index is 0.0833. The van der Waals surface area contributed by atoms with Crippen LogP contribution in [0.3, 0.4) is 0 Å². The van der Waals surface area contributed by atoms with Gasteiger partial charge in [-0.2, -0.15) is 0 Å². The second-order valence-electron chi connectivity index (χ2n) is 3.09. The van der Waals surface area contributed by atoms with Crippen molar-refractivity contribution in [3.05, 3.63) is 17.7 Å². The number of aromatic carboxylic acids is 1. The molecule has 6 heteroatoms. The molecule has 4 N–H and O–H groups in total. The lowest BCUT2D eigenvalue weighted by Crippen LogP contribution is -2.15. The molecule has 0 saturated heterocycles. The first-order valence-electron chi connectivity index (χ1n) is 4.13. The number of carboxylic acid groups (broad SMARTS) is 1. The number of rotatable bonds is 3. The number of hydrazine groups is 1. The Balaban J connectivity index is 3.21. The minimum atomic E-state index is -1.12. The Bertz CT molecular complexity index is 351. The number of carbonyl (C=O) groups is 1. The van der Waals surface area contributed by atoms with Crippen molar-refractivity contribution in [1.29, 1.82) is 0 Å². The minimum Gasteiger partial charge on any atom is -0.476 e. The highest BCUT2D eigenvalue weighted by Crippen LogP contribution is 2.14. The maximum absolute atomic E-state index is 10.8. The second kappa shape index (κ2) is 4.01. The van der Waals surface area contributed by atoms with E-state index in [4.69, 9.17) is 10.9 Å². The van der Waals surface area contributed by atoms with Crippen LogP contribution in [0.1, 0.15) is 36.1 Å². The standard InChI is InChI=1S/C8H12N4O2/c1-4(2)7-10-3-5(12-9)6(11-7)8(13)14/h3-4,12H,9H2,1-2H3,(H,13,14). The summed E-state index contributed by atoms with van der Waals surface area (Å²) in [5.41, 5.74) is 2.34. The number of hydrogen-bond donors (Lipinski definition) is 3.